The van der Waals surface area contributed by atoms with E-state index in [9.17, 15) is 8.78 Å². The van der Waals surface area contributed by atoms with E-state index in [1.807, 2.05) is 6.07 Å². The van der Waals surface area contributed by atoms with E-state index in [1.54, 1.807) is 12.1 Å². The Morgan fingerprint density at radius 3 is 2.24 bits per heavy atom. The highest BCUT2D eigenvalue weighted by Crippen LogP contribution is 2.37. The molecule has 0 aromatic heterocycles. The summed E-state index contributed by atoms with van der Waals surface area (Å²) < 4.78 is 28.8. The van der Waals surface area contributed by atoms with Gasteiger partial charge in [-0.15, -0.1) is 0 Å². The largest absolute Gasteiger partial charge is 0.435 e. The number of hydrogen-bond donors (Lipinski definition) is 0. The molecule has 1 aliphatic rings. The van der Waals surface area contributed by atoms with Gasteiger partial charge in [-0.05, 0) is 83.5 Å². The third kappa shape index (κ3) is 4.49. The SMILES string of the molecule is CCCCc1ccc2c(c1)Cc1cc(C#Cc3ccc(OC(F)F)cc3)ccc1-2. The molecule has 3 aromatic carbocycles. The second kappa shape index (κ2) is 8.49. The molecule has 0 bridgehead atoms. The van der Waals surface area contributed by atoms with Gasteiger partial charge in [0.25, 0.3) is 0 Å². The molecule has 0 spiro atoms. The van der Waals surface area contributed by atoms with E-state index >= 15 is 0 Å². The maximum Gasteiger partial charge on any atom is 0.387 e. The van der Waals surface area contributed by atoms with Crippen molar-refractivity contribution in [3.05, 3.63) is 88.5 Å². The van der Waals surface area contributed by atoms with Gasteiger partial charge in [0.15, 0.2) is 0 Å². The van der Waals surface area contributed by atoms with Crippen molar-refractivity contribution in [3.63, 3.8) is 0 Å². The Morgan fingerprint density at radius 1 is 0.862 bits per heavy atom. The minimum absolute atomic E-state index is 0.138. The number of ether oxygens (including phenoxy) is 1. The number of unbranched alkanes of at least 4 members (excludes halogenated alkanes) is 1. The minimum Gasteiger partial charge on any atom is -0.435 e. The van der Waals surface area contributed by atoms with E-state index < -0.39 is 6.61 Å². The molecule has 1 aliphatic carbocycles. The zero-order valence-electron chi connectivity index (χ0n) is 16.3. The smallest absolute Gasteiger partial charge is 0.387 e. The molecule has 1 nitrogen and oxygen atoms in total. The van der Waals surface area contributed by atoms with E-state index in [0.29, 0.717) is 0 Å². The number of halogens is 2. The molecule has 0 aliphatic heterocycles. The average Bonchev–Trinajstić information content (AvgIpc) is 3.08. The van der Waals surface area contributed by atoms with Crippen molar-refractivity contribution in [2.45, 2.75) is 39.2 Å². The molecule has 29 heavy (non-hydrogen) atoms. The first-order valence-corrected chi connectivity index (χ1v) is 9.94. The Labute approximate surface area is 170 Å². The number of hydrogen-bond acceptors (Lipinski definition) is 1. The Bertz CT molecular complexity index is 1070. The van der Waals surface area contributed by atoms with Gasteiger partial charge in [-0.3, -0.25) is 0 Å². The van der Waals surface area contributed by atoms with E-state index in [2.05, 4.69) is 53.8 Å². The van der Waals surface area contributed by atoms with Gasteiger partial charge in [-0.25, -0.2) is 0 Å². The average molecular weight is 388 g/mol. The second-order valence-corrected chi connectivity index (χ2v) is 7.30. The highest BCUT2D eigenvalue weighted by atomic mass is 19.3. The maximum absolute atomic E-state index is 12.2. The van der Waals surface area contributed by atoms with Crippen LogP contribution in [0.2, 0.25) is 0 Å². The third-order valence-corrected chi connectivity index (χ3v) is 5.20. The van der Waals surface area contributed by atoms with Crippen molar-refractivity contribution in [2.75, 3.05) is 0 Å². The summed E-state index contributed by atoms with van der Waals surface area (Å²) in [6, 6.07) is 19.6. The first kappa shape index (κ1) is 19.2. The van der Waals surface area contributed by atoms with Crippen LogP contribution in [0, 0.1) is 11.8 Å². The molecule has 0 heterocycles. The van der Waals surface area contributed by atoms with Crippen molar-refractivity contribution in [1.82, 2.24) is 0 Å². The lowest BCUT2D eigenvalue weighted by atomic mass is 10.0. The van der Waals surface area contributed by atoms with Crippen LogP contribution in [0.5, 0.6) is 5.75 Å². The molecule has 0 saturated heterocycles. The summed E-state index contributed by atoms with van der Waals surface area (Å²) in [5.74, 6) is 6.41. The molecule has 0 saturated carbocycles. The van der Waals surface area contributed by atoms with Crippen LogP contribution in [-0.2, 0) is 12.8 Å². The number of fused-ring (bicyclic) bond motifs is 3. The van der Waals surface area contributed by atoms with Crippen LogP contribution in [0.4, 0.5) is 8.78 Å². The van der Waals surface area contributed by atoms with Gasteiger partial charge in [0.2, 0.25) is 0 Å². The minimum atomic E-state index is -2.81. The van der Waals surface area contributed by atoms with Crippen LogP contribution in [0.15, 0.2) is 60.7 Å². The number of aryl methyl sites for hydroxylation is 1. The van der Waals surface area contributed by atoms with Gasteiger partial charge in [-0.2, -0.15) is 8.78 Å². The predicted octanol–water partition coefficient (Wildman–Crippen LogP) is 6.60. The lowest BCUT2D eigenvalue weighted by Crippen LogP contribution is -2.01. The van der Waals surface area contributed by atoms with E-state index in [4.69, 9.17) is 0 Å². The summed E-state index contributed by atoms with van der Waals surface area (Å²) in [4.78, 5) is 0. The Morgan fingerprint density at radius 2 is 1.52 bits per heavy atom. The van der Waals surface area contributed by atoms with Crippen LogP contribution >= 0.6 is 0 Å². The summed E-state index contributed by atoms with van der Waals surface area (Å²) in [6.45, 7) is -0.595. The number of benzene rings is 3. The summed E-state index contributed by atoms with van der Waals surface area (Å²) in [6.07, 6.45) is 4.51. The molecule has 3 heteroatoms. The van der Waals surface area contributed by atoms with Gasteiger partial charge in [-0.1, -0.05) is 49.5 Å². The quantitative estimate of drug-likeness (QED) is 0.350. The molecule has 0 unspecified atom stereocenters. The van der Waals surface area contributed by atoms with Crippen molar-refractivity contribution in [3.8, 4) is 28.7 Å². The third-order valence-electron chi connectivity index (χ3n) is 5.20. The monoisotopic (exact) mass is 388 g/mol. The van der Waals surface area contributed by atoms with Crippen molar-refractivity contribution < 1.29 is 13.5 Å². The maximum atomic E-state index is 12.2. The van der Waals surface area contributed by atoms with Gasteiger partial charge in [0, 0.05) is 11.1 Å². The first-order chi connectivity index (χ1) is 14.1. The van der Waals surface area contributed by atoms with E-state index in [1.165, 1.54) is 52.8 Å². The molecule has 0 amide bonds. The van der Waals surface area contributed by atoms with Crippen molar-refractivity contribution in [2.24, 2.45) is 0 Å². The number of alkyl halides is 2. The standard InChI is InChI=1S/C26H22F2O/c1-2-3-4-19-9-13-24-21(15-19)17-22-16-20(10-14-25(22)24)6-5-18-7-11-23(12-8-18)29-26(27)28/h7-16,26H,2-4,17H2,1H3. The highest BCUT2D eigenvalue weighted by molar-refractivity contribution is 5.77. The van der Waals surface area contributed by atoms with E-state index in [0.717, 1.165) is 24.0 Å². The molecule has 146 valence electrons. The Hall–Kier alpha value is -3.12. The van der Waals surface area contributed by atoms with Crippen LogP contribution in [0.3, 0.4) is 0 Å². The molecular formula is C26H22F2O. The fourth-order valence-corrected chi connectivity index (χ4v) is 3.74. The van der Waals surface area contributed by atoms with Crippen molar-refractivity contribution in [1.29, 1.82) is 0 Å². The summed E-state index contributed by atoms with van der Waals surface area (Å²) >= 11 is 0. The van der Waals surface area contributed by atoms with Crippen LogP contribution in [-0.4, -0.2) is 6.61 Å². The highest BCUT2D eigenvalue weighted by Gasteiger charge is 2.18. The summed E-state index contributed by atoms with van der Waals surface area (Å²) in [5.41, 5.74) is 8.45. The molecule has 0 radical (unpaired) electrons. The Kier molecular flexibility index (Phi) is 5.62. The lowest BCUT2D eigenvalue weighted by Gasteiger charge is -2.05. The van der Waals surface area contributed by atoms with Gasteiger partial charge >= 0.3 is 6.61 Å². The normalized spacial score (nSPS) is 11.6. The molecule has 0 atom stereocenters. The van der Waals surface area contributed by atoms with Crippen LogP contribution < -0.4 is 4.74 Å². The predicted molar refractivity (Wildman–Crippen MR) is 112 cm³/mol. The molecular weight excluding hydrogens is 366 g/mol. The Balaban J connectivity index is 1.51. The van der Waals surface area contributed by atoms with Crippen LogP contribution in [0.1, 0.15) is 47.6 Å². The van der Waals surface area contributed by atoms with Gasteiger partial charge in [0.05, 0.1) is 0 Å². The fourth-order valence-electron chi connectivity index (χ4n) is 3.74. The topological polar surface area (TPSA) is 9.23 Å². The van der Waals surface area contributed by atoms with E-state index in [-0.39, 0.29) is 5.75 Å². The zero-order chi connectivity index (χ0) is 20.2. The molecule has 0 fully saturated rings. The van der Waals surface area contributed by atoms with Crippen molar-refractivity contribution >= 4 is 0 Å². The van der Waals surface area contributed by atoms with Gasteiger partial charge < -0.3 is 4.74 Å². The summed E-state index contributed by atoms with van der Waals surface area (Å²) in [7, 11) is 0. The lowest BCUT2D eigenvalue weighted by molar-refractivity contribution is -0.0498. The fraction of sp³-hybridized carbons (Fsp3) is 0.231. The van der Waals surface area contributed by atoms with Gasteiger partial charge in [0.1, 0.15) is 5.75 Å². The zero-order valence-corrected chi connectivity index (χ0v) is 16.3. The molecule has 4 rings (SSSR count). The summed E-state index contributed by atoms with van der Waals surface area (Å²) in [5, 5.41) is 0. The van der Waals surface area contributed by atoms with Crippen LogP contribution in [0.25, 0.3) is 11.1 Å². The number of rotatable bonds is 5. The molecule has 0 N–H and O–H groups in total. The second-order valence-electron chi connectivity index (χ2n) is 7.30. The molecule has 3 aromatic rings. The first-order valence-electron chi connectivity index (χ1n) is 9.94.